The predicted molar refractivity (Wildman–Crippen MR) is 191 cm³/mol. The van der Waals surface area contributed by atoms with E-state index in [2.05, 4.69) is 50.3 Å². The zero-order valence-corrected chi connectivity index (χ0v) is 29.6. The minimum absolute atomic E-state index is 0.123. The van der Waals surface area contributed by atoms with E-state index in [4.69, 9.17) is 9.47 Å². The van der Waals surface area contributed by atoms with Crippen LogP contribution in [0.5, 0.6) is 0 Å². The molecule has 5 heteroatoms. The Balaban J connectivity index is 3.47. The quantitative estimate of drug-likeness (QED) is 0.0434. The van der Waals surface area contributed by atoms with Crippen molar-refractivity contribution in [3.8, 4) is 0 Å². The highest BCUT2D eigenvalue weighted by atomic mass is 16.6. The van der Waals surface area contributed by atoms with Crippen molar-refractivity contribution in [1.29, 1.82) is 0 Å². The van der Waals surface area contributed by atoms with E-state index in [1.165, 1.54) is 103 Å². The second kappa shape index (κ2) is 36.6. The van der Waals surface area contributed by atoms with Crippen molar-refractivity contribution in [3.63, 3.8) is 0 Å². The molecule has 1 unspecified atom stereocenters. The summed E-state index contributed by atoms with van der Waals surface area (Å²) in [5.74, 6) is -0.590. The largest absolute Gasteiger partial charge is 0.463 e. The summed E-state index contributed by atoms with van der Waals surface area (Å²) < 4.78 is 10.3. The third-order valence-corrected chi connectivity index (χ3v) is 8.10. The van der Waals surface area contributed by atoms with Gasteiger partial charge in [0.05, 0.1) is 0 Å². The van der Waals surface area contributed by atoms with Gasteiger partial charge in [0.15, 0.2) is 0 Å². The number of allylic oxidation sites excluding steroid dienone is 6. The van der Waals surface area contributed by atoms with Gasteiger partial charge in [-0.15, -0.1) is 0 Å². The van der Waals surface area contributed by atoms with Crippen LogP contribution in [0, 0.1) is 0 Å². The Hall–Kier alpha value is -1.88. The van der Waals surface area contributed by atoms with Gasteiger partial charge in [-0.2, -0.15) is 0 Å². The van der Waals surface area contributed by atoms with Crippen LogP contribution in [0.15, 0.2) is 36.5 Å². The molecule has 0 aromatic heterocycles. The molecule has 0 aliphatic rings. The molecule has 0 aliphatic carbocycles. The third-order valence-electron chi connectivity index (χ3n) is 8.10. The predicted octanol–water partition coefficient (Wildman–Crippen LogP) is 11.7. The summed E-state index contributed by atoms with van der Waals surface area (Å²) in [6.07, 6.45) is 43.3. The molecule has 0 amide bonds. The standard InChI is InChI=1S/C40H72O5/c1-3-5-7-9-11-13-15-17-19-20-21-23-25-27-29-31-33-35-40(43)45-37-38(41)36-44-39(42)34-32-30-28-26-24-22-18-16-14-12-10-8-6-4-2/h12,14,17-19,22,38,41H,3-11,13,15-16,20-21,23-37H2,1-2H3/b14-12-,19-17-,22-18-. The zero-order valence-electron chi connectivity index (χ0n) is 29.6. The molecule has 1 atom stereocenters. The van der Waals surface area contributed by atoms with E-state index in [0.29, 0.717) is 12.8 Å². The van der Waals surface area contributed by atoms with Crippen LogP contribution in [0.4, 0.5) is 0 Å². The van der Waals surface area contributed by atoms with Crippen LogP contribution in [0.25, 0.3) is 0 Å². The van der Waals surface area contributed by atoms with Crippen molar-refractivity contribution >= 4 is 11.9 Å². The molecule has 0 bridgehead atoms. The molecular weight excluding hydrogens is 560 g/mol. The van der Waals surface area contributed by atoms with E-state index in [1.54, 1.807) is 0 Å². The maximum atomic E-state index is 12.0. The highest BCUT2D eigenvalue weighted by molar-refractivity contribution is 5.69. The average Bonchev–Trinajstić information content (AvgIpc) is 3.04. The Bertz CT molecular complexity index is 726. The lowest BCUT2D eigenvalue weighted by atomic mass is 10.1. The van der Waals surface area contributed by atoms with Gasteiger partial charge in [-0.3, -0.25) is 9.59 Å². The van der Waals surface area contributed by atoms with Crippen LogP contribution in [0.1, 0.15) is 187 Å². The molecule has 0 heterocycles. The Morgan fingerprint density at radius 3 is 1.20 bits per heavy atom. The van der Waals surface area contributed by atoms with E-state index < -0.39 is 6.10 Å². The summed E-state index contributed by atoms with van der Waals surface area (Å²) in [7, 11) is 0. The average molecular weight is 633 g/mol. The van der Waals surface area contributed by atoms with Gasteiger partial charge in [0, 0.05) is 12.8 Å². The molecule has 5 nitrogen and oxygen atoms in total. The first-order valence-electron chi connectivity index (χ1n) is 19.0. The minimum Gasteiger partial charge on any atom is -0.463 e. The Kier molecular flexibility index (Phi) is 35.1. The number of hydrogen-bond donors (Lipinski definition) is 1. The van der Waals surface area contributed by atoms with Crippen molar-refractivity contribution in [1.82, 2.24) is 0 Å². The van der Waals surface area contributed by atoms with Crippen molar-refractivity contribution in [2.45, 2.75) is 193 Å². The van der Waals surface area contributed by atoms with Crippen molar-refractivity contribution in [3.05, 3.63) is 36.5 Å². The number of rotatable bonds is 34. The first-order chi connectivity index (χ1) is 22.1. The van der Waals surface area contributed by atoms with E-state index in [1.807, 2.05) is 0 Å². The Labute approximate surface area is 278 Å². The van der Waals surface area contributed by atoms with Crippen LogP contribution in [-0.4, -0.2) is 36.4 Å². The number of aliphatic hydroxyl groups is 1. The first-order valence-corrected chi connectivity index (χ1v) is 19.0. The molecule has 0 saturated carbocycles. The lowest BCUT2D eigenvalue weighted by Crippen LogP contribution is -2.25. The molecule has 0 fully saturated rings. The summed E-state index contributed by atoms with van der Waals surface area (Å²) in [6.45, 7) is 4.25. The number of carbonyl (C=O) groups is 2. The molecule has 0 rings (SSSR count). The Morgan fingerprint density at radius 2 is 0.778 bits per heavy atom. The van der Waals surface area contributed by atoms with E-state index in [-0.39, 0.29) is 25.2 Å². The molecule has 0 saturated heterocycles. The van der Waals surface area contributed by atoms with Gasteiger partial charge >= 0.3 is 11.9 Å². The summed E-state index contributed by atoms with van der Waals surface area (Å²) in [6, 6.07) is 0. The molecule has 45 heavy (non-hydrogen) atoms. The summed E-state index contributed by atoms with van der Waals surface area (Å²) in [5.41, 5.74) is 0. The number of unbranched alkanes of at least 4 members (excludes halogenated alkanes) is 20. The molecule has 1 N–H and O–H groups in total. The minimum atomic E-state index is -0.971. The molecule has 262 valence electrons. The molecule has 0 spiro atoms. The van der Waals surface area contributed by atoms with Gasteiger partial charge in [-0.05, 0) is 70.6 Å². The van der Waals surface area contributed by atoms with Crippen LogP contribution in [0.3, 0.4) is 0 Å². The fraction of sp³-hybridized carbons (Fsp3) is 0.800. The number of hydrogen-bond acceptors (Lipinski definition) is 5. The SMILES string of the molecule is CCCCC/C=C\C/C=C\CCCCCCC(=O)OCC(O)COC(=O)CCCCCCCCC/C=C\CCCCCCCC. The monoisotopic (exact) mass is 633 g/mol. The Morgan fingerprint density at radius 1 is 0.467 bits per heavy atom. The summed E-state index contributed by atoms with van der Waals surface area (Å²) in [5, 5.41) is 9.99. The second-order valence-electron chi connectivity index (χ2n) is 12.7. The van der Waals surface area contributed by atoms with Crippen LogP contribution < -0.4 is 0 Å². The van der Waals surface area contributed by atoms with Crippen molar-refractivity contribution in [2.75, 3.05) is 13.2 Å². The van der Waals surface area contributed by atoms with Gasteiger partial charge in [0.1, 0.15) is 19.3 Å². The molecule has 0 radical (unpaired) electrons. The van der Waals surface area contributed by atoms with Gasteiger partial charge in [-0.1, -0.05) is 140 Å². The van der Waals surface area contributed by atoms with Gasteiger partial charge in [0.25, 0.3) is 0 Å². The maximum Gasteiger partial charge on any atom is 0.305 e. The topological polar surface area (TPSA) is 72.8 Å². The summed E-state index contributed by atoms with van der Waals surface area (Å²) >= 11 is 0. The van der Waals surface area contributed by atoms with E-state index in [0.717, 1.165) is 57.8 Å². The second-order valence-corrected chi connectivity index (χ2v) is 12.7. The van der Waals surface area contributed by atoms with Crippen molar-refractivity contribution < 1.29 is 24.2 Å². The number of ether oxygens (including phenoxy) is 2. The van der Waals surface area contributed by atoms with E-state index in [9.17, 15) is 14.7 Å². The number of aliphatic hydroxyl groups excluding tert-OH is 1. The highest BCUT2D eigenvalue weighted by Gasteiger charge is 2.12. The molecule has 0 aliphatic heterocycles. The maximum absolute atomic E-state index is 12.0. The van der Waals surface area contributed by atoms with Crippen LogP contribution in [-0.2, 0) is 19.1 Å². The number of esters is 2. The number of carbonyl (C=O) groups excluding carboxylic acids is 2. The van der Waals surface area contributed by atoms with Crippen LogP contribution in [0.2, 0.25) is 0 Å². The third kappa shape index (κ3) is 36.5. The normalized spacial score (nSPS) is 12.5. The zero-order chi connectivity index (χ0) is 32.9. The molecule has 0 aromatic rings. The van der Waals surface area contributed by atoms with Gasteiger partial charge < -0.3 is 14.6 Å². The lowest BCUT2D eigenvalue weighted by Gasteiger charge is -2.12. The van der Waals surface area contributed by atoms with Gasteiger partial charge in [0.2, 0.25) is 0 Å². The molecular formula is C40H72O5. The fourth-order valence-corrected chi connectivity index (χ4v) is 5.17. The smallest absolute Gasteiger partial charge is 0.305 e. The fourth-order valence-electron chi connectivity index (χ4n) is 5.17. The van der Waals surface area contributed by atoms with Crippen LogP contribution >= 0.6 is 0 Å². The van der Waals surface area contributed by atoms with Gasteiger partial charge in [-0.25, -0.2) is 0 Å². The molecule has 0 aromatic carbocycles. The lowest BCUT2D eigenvalue weighted by molar-refractivity contribution is -0.152. The summed E-state index contributed by atoms with van der Waals surface area (Å²) in [4.78, 5) is 23.9. The highest BCUT2D eigenvalue weighted by Crippen LogP contribution is 2.12. The van der Waals surface area contributed by atoms with E-state index >= 15 is 0 Å². The van der Waals surface area contributed by atoms with Crippen molar-refractivity contribution in [2.24, 2.45) is 0 Å². The first kappa shape index (κ1) is 43.1.